The number of ether oxygens (including phenoxy) is 2. The van der Waals surface area contributed by atoms with Gasteiger partial charge in [-0.3, -0.25) is 0 Å². The molecule has 0 saturated carbocycles. The highest BCUT2D eigenvalue weighted by Crippen LogP contribution is 2.29. The van der Waals surface area contributed by atoms with Gasteiger partial charge in [-0.2, -0.15) is 0 Å². The van der Waals surface area contributed by atoms with Crippen molar-refractivity contribution in [1.82, 2.24) is 5.32 Å². The third-order valence-corrected chi connectivity index (χ3v) is 4.61. The minimum atomic E-state index is 0.450. The Kier molecular flexibility index (Phi) is 7.35. The molecular weight excluding hydrogens is 370 g/mol. The lowest BCUT2D eigenvalue weighted by Crippen LogP contribution is -2.13. The van der Waals surface area contributed by atoms with Gasteiger partial charge in [0.2, 0.25) is 0 Å². The Balaban J connectivity index is 1.60. The van der Waals surface area contributed by atoms with Crippen LogP contribution in [0.4, 0.5) is 0 Å². The maximum atomic E-state index is 6.04. The molecule has 0 aliphatic heterocycles. The number of hydrogen-bond donors (Lipinski definition) is 1. The predicted molar refractivity (Wildman–Crippen MR) is 115 cm³/mol. The van der Waals surface area contributed by atoms with Crippen LogP contribution in [0.2, 0.25) is 5.02 Å². The first-order valence-corrected chi connectivity index (χ1v) is 9.91. The lowest BCUT2D eigenvalue weighted by Gasteiger charge is -2.14. The van der Waals surface area contributed by atoms with E-state index in [0.717, 1.165) is 35.7 Å². The first-order chi connectivity index (χ1) is 13.6. The molecule has 0 bridgehead atoms. The predicted octanol–water partition coefficient (Wildman–Crippen LogP) is 5.92. The van der Waals surface area contributed by atoms with Crippen molar-refractivity contribution >= 4 is 11.6 Å². The van der Waals surface area contributed by atoms with E-state index in [1.165, 1.54) is 11.1 Å². The van der Waals surface area contributed by atoms with Crippen molar-refractivity contribution in [3.8, 4) is 11.5 Å². The summed E-state index contributed by atoms with van der Waals surface area (Å²) in [5.41, 5.74) is 4.74. The Hall–Kier alpha value is -2.49. The fourth-order valence-electron chi connectivity index (χ4n) is 2.89. The molecule has 3 aromatic carbocycles. The van der Waals surface area contributed by atoms with Crippen LogP contribution in [0.1, 0.15) is 29.2 Å². The Morgan fingerprint density at radius 1 is 0.786 bits per heavy atom. The van der Waals surface area contributed by atoms with Gasteiger partial charge in [0.1, 0.15) is 6.61 Å². The number of rotatable bonds is 9. The first kappa shape index (κ1) is 20.2. The molecule has 1 N–H and O–H groups in total. The monoisotopic (exact) mass is 395 g/mol. The summed E-state index contributed by atoms with van der Waals surface area (Å²) in [6.07, 6.45) is 0. The van der Waals surface area contributed by atoms with Crippen molar-refractivity contribution in [2.75, 3.05) is 6.61 Å². The Labute approximate surface area is 172 Å². The van der Waals surface area contributed by atoms with Gasteiger partial charge in [-0.05, 0) is 54.8 Å². The molecule has 0 heterocycles. The number of benzene rings is 3. The van der Waals surface area contributed by atoms with Crippen LogP contribution in [-0.4, -0.2) is 6.61 Å². The summed E-state index contributed by atoms with van der Waals surface area (Å²) in [6, 6.07) is 22.3. The lowest BCUT2D eigenvalue weighted by atomic mass is 10.1. The maximum Gasteiger partial charge on any atom is 0.161 e. The third-order valence-electron chi connectivity index (χ3n) is 4.37. The van der Waals surface area contributed by atoms with Gasteiger partial charge in [0.25, 0.3) is 0 Å². The lowest BCUT2D eigenvalue weighted by molar-refractivity contribution is 0.269. The van der Waals surface area contributed by atoms with Gasteiger partial charge in [0.15, 0.2) is 11.5 Å². The van der Waals surface area contributed by atoms with Crippen LogP contribution >= 0.6 is 11.6 Å². The van der Waals surface area contributed by atoms with Gasteiger partial charge in [-0.15, -0.1) is 0 Å². The molecule has 0 spiro atoms. The Morgan fingerprint density at radius 3 is 2.29 bits per heavy atom. The van der Waals surface area contributed by atoms with E-state index in [9.17, 15) is 0 Å². The van der Waals surface area contributed by atoms with E-state index in [1.54, 1.807) is 0 Å². The van der Waals surface area contributed by atoms with E-state index in [-0.39, 0.29) is 0 Å². The SMILES string of the molecule is CCOc1cc(CNCc2ccc(C)cc2)ccc1OCc1cccc(Cl)c1. The third kappa shape index (κ3) is 6.01. The Bertz CT molecular complexity index is 893. The molecule has 0 radical (unpaired) electrons. The fourth-order valence-corrected chi connectivity index (χ4v) is 3.11. The van der Waals surface area contributed by atoms with E-state index in [1.807, 2.05) is 43.3 Å². The highest BCUT2D eigenvalue weighted by Gasteiger charge is 2.07. The second-order valence-electron chi connectivity index (χ2n) is 6.72. The van der Waals surface area contributed by atoms with Gasteiger partial charge >= 0.3 is 0 Å². The zero-order valence-electron chi connectivity index (χ0n) is 16.4. The van der Waals surface area contributed by atoms with Gasteiger partial charge in [0, 0.05) is 18.1 Å². The number of nitrogens with one attached hydrogen (secondary N) is 1. The van der Waals surface area contributed by atoms with Crippen LogP contribution in [0.5, 0.6) is 11.5 Å². The molecule has 3 aromatic rings. The highest BCUT2D eigenvalue weighted by molar-refractivity contribution is 6.30. The minimum Gasteiger partial charge on any atom is -0.490 e. The first-order valence-electron chi connectivity index (χ1n) is 9.53. The molecule has 0 atom stereocenters. The van der Waals surface area contributed by atoms with Crippen LogP contribution in [0.25, 0.3) is 0 Å². The molecule has 3 nitrogen and oxygen atoms in total. The van der Waals surface area contributed by atoms with Crippen molar-refractivity contribution in [3.63, 3.8) is 0 Å². The maximum absolute atomic E-state index is 6.04. The van der Waals surface area contributed by atoms with E-state index in [0.29, 0.717) is 18.2 Å². The largest absolute Gasteiger partial charge is 0.490 e. The van der Waals surface area contributed by atoms with Crippen LogP contribution in [0.15, 0.2) is 66.7 Å². The topological polar surface area (TPSA) is 30.5 Å². The molecule has 0 amide bonds. The van der Waals surface area contributed by atoms with Gasteiger partial charge in [0.05, 0.1) is 6.61 Å². The van der Waals surface area contributed by atoms with Crippen molar-refractivity contribution in [2.45, 2.75) is 33.5 Å². The van der Waals surface area contributed by atoms with Crippen LogP contribution < -0.4 is 14.8 Å². The molecule has 3 rings (SSSR count). The summed E-state index contributed by atoms with van der Waals surface area (Å²) in [4.78, 5) is 0. The average Bonchev–Trinajstić information content (AvgIpc) is 2.69. The van der Waals surface area contributed by atoms with E-state index < -0.39 is 0 Å². The quantitative estimate of drug-likeness (QED) is 0.488. The molecule has 0 aromatic heterocycles. The highest BCUT2D eigenvalue weighted by atomic mass is 35.5. The number of hydrogen-bond acceptors (Lipinski definition) is 3. The summed E-state index contributed by atoms with van der Waals surface area (Å²) >= 11 is 6.04. The zero-order valence-corrected chi connectivity index (χ0v) is 17.1. The average molecular weight is 396 g/mol. The van der Waals surface area contributed by atoms with Crippen molar-refractivity contribution < 1.29 is 9.47 Å². The van der Waals surface area contributed by atoms with E-state index in [2.05, 4.69) is 42.6 Å². The molecule has 0 fully saturated rings. The van der Waals surface area contributed by atoms with Gasteiger partial charge in [-0.1, -0.05) is 59.6 Å². The summed E-state index contributed by atoms with van der Waals surface area (Å²) in [5.74, 6) is 1.50. The molecular formula is C24H26ClNO2. The smallest absolute Gasteiger partial charge is 0.161 e. The molecule has 0 aliphatic rings. The molecule has 0 saturated heterocycles. The standard InChI is InChI=1S/C24H26ClNO2/c1-3-27-24-14-20(16-26-15-19-9-7-18(2)8-10-19)11-12-23(24)28-17-21-5-4-6-22(25)13-21/h4-14,26H,3,15-17H2,1-2H3. The summed E-state index contributed by atoms with van der Waals surface area (Å²) < 4.78 is 11.8. The van der Waals surface area contributed by atoms with Gasteiger partial charge < -0.3 is 14.8 Å². The molecule has 0 unspecified atom stereocenters. The van der Waals surface area contributed by atoms with Crippen molar-refractivity contribution in [2.24, 2.45) is 0 Å². The van der Waals surface area contributed by atoms with Crippen LogP contribution in [0, 0.1) is 6.92 Å². The zero-order chi connectivity index (χ0) is 19.8. The molecule has 4 heteroatoms. The van der Waals surface area contributed by atoms with E-state index >= 15 is 0 Å². The summed E-state index contributed by atoms with van der Waals surface area (Å²) in [6.45, 7) is 6.71. The second kappa shape index (κ2) is 10.2. The molecule has 0 aliphatic carbocycles. The molecule has 28 heavy (non-hydrogen) atoms. The number of aryl methyl sites for hydroxylation is 1. The summed E-state index contributed by atoms with van der Waals surface area (Å²) in [7, 11) is 0. The van der Waals surface area contributed by atoms with E-state index in [4.69, 9.17) is 21.1 Å². The van der Waals surface area contributed by atoms with Crippen LogP contribution in [-0.2, 0) is 19.7 Å². The number of halogens is 1. The fraction of sp³-hybridized carbons (Fsp3) is 0.250. The minimum absolute atomic E-state index is 0.450. The van der Waals surface area contributed by atoms with Crippen molar-refractivity contribution in [3.05, 3.63) is 94.0 Å². The second-order valence-corrected chi connectivity index (χ2v) is 7.16. The Morgan fingerprint density at radius 2 is 1.54 bits per heavy atom. The van der Waals surface area contributed by atoms with Gasteiger partial charge in [-0.25, -0.2) is 0 Å². The molecule has 146 valence electrons. The van der Waals surface area contributed by atoms with Crippen LogP contribution in [0.3, 0.4) is 0 Å². The normalized spacial score (nSPS) is 10.7. The van der Waals surface area contributed by atoms with Crippen molar-refractivity contribution in [1.29, 1.82) is 0 Å². The summed E-state index contributed by atoms with van der Waals surface area (Å²) in [5, 5.41) is 4.19.